The highest BCUT2D eigenvalue weighted by molar-refractivity contribution is 6.22. The van der Waals surface area contributed by atoms with Crippen molar-refractivity contribution in [3.05, 3.63) is 59.9 Å². The lowest BCUT2D eigenvalue weighted by Gasteiger charge is -2.16. The van der Waals surface area contributed by atoms with E-state index in [1.807, 2.05) is 6.92 Å². The van der Waals surface area contributed by atoms with E-state index in [0.717, 1.165) is 5.56 Å². The van der Waals surface area contributed by atoms with Crippen molar-refractivity contribution < 1.29 is 18.7 Å². The Morgan fingerprint density at radius 3 is 2.46 bits per heavy atom. The molecule has 0 bridgehead atoms. The molecule has 2 aromatic rings. The Kier molecular flexibility index (Phi) is 5.63. The van der Waals surface area contributed by atoms with Crippen molar-refractivity contribution in [3.63, 3.8) is 0 Å². The molecule has 1 aliphatic rings. The first-order valence-electron chi connectivity index (χ1n) is 8.66. The number of rotatable bonds is 7. The van der Waals surface area contributed by atoms with Crippen molar-refractivity contribution in [2.75, 3.05) is 18.1 Å². The molecule has 0 saturated carbocycles. The number of benzene rings is 2. The Bertz CT molecular complexity index is 775. The second kappa shape index (κ2) is 8.10. The van der Waals surface area contributed by atoms with Crippen LogP contribution in [0.5, 0.6) is 5.75 Å². The fourth-order valence-corrected chi connectivity index (χ4v) is 2.96. The highest BCUT2D eigenvalue weighted by atomic mass is 19.1. The standard InChI is InChI=1S/C20H21FN2O3/c1-2-26-17-9-7-16(8-10-17)23-19(24)13-18(20(23)25)22-12-11-14-3-5-15(21)6-4-14/h3-10,18,22H,2,11-13H2,1H3/t18-/m1/s1. The van der Waals surface area contributed by atoms with Crippen LogP contribution in [-0.2, 0) is 16.0 Å². The fourth-order valence-electron chi connectivity index (χ4n) is 2.96. The summed E-state index contributed by atoms with van der Waals surface area (Å²) in [4.78, 5) is 26.1. The van der Waals surface area contributed by atoms with E-state index in [9.17, 15) is 14.0 Å². The summed E-state index contributed by atoms with van der Waals surface area (Å²) in [6.07, 6.45) is 0.788. The van der Waals surface area contributed by atoms with Gasteiger partial charge in [-0.3, -0.25) is 9.59 Å². The van der Waals surface area contributed by atoms with Gasteiger partial charge in [0.05, 0.1) is 24.8 Å². The molecular formula is C20H21FN2O3. The number of nitrogens with zero attached hydrogens (tertiary/aromatic N) is 1. The van der Waals surface area contributed by atoms with Crippen molar-refractivity contribution in [2.24, 2.45) is 0 Å². The predicted molar refractivity (Wildman–Crippen MR) is 96.6 cm³/mol. The summed E-state index contributed by atoms with van der Waals surface area (Å²) in [5.41, 5.74) is 1.52. The van der Waals surface area contributed by atoms with Crippen LogP contribution in [0.4, 0.5) is 10.1 Å². The van der Waals surface area contributed by atoms with E-state index in [1.54, 1.807) is 36.4 Å². The average Bonchev–Trinajstić information content (AvgIpc) is 2.92. The lowest BCUT2D eigenvalue weighted by atomic mass is 10.1. The van der Waals surface area contributed by atoms with Crippen molar-refractivity contribution >= 4 is 17.5 Å². The number of ether oxygens (including phenoxy) is 1. The lowest BCUT2D eigenvalue weighted by Crippen LogP contribution is -2.39. The first-order chi connectivity index (χ1) is 12.6. The van der Waals surface area contributed by atoms with E-state index in [4.69, 9.17) is 4.74 Å². The van der Waals surface area contributed by atoms with Gasteiger partial charge in [0.15, 0.2) is 0 Å². The van der Waals surface area contributed by atoms with Crippen LogP contribution in [0.25, 0.3) is 0 Å². The summed E-state index contributed by atoms with van der Waals surface area (Å²) < 4.78 is 18.3. The molecule has 0 unspecified atom stereocenters. The first kappa shape index (κ1) is 18.1. The zero-order valence-electron chi connectivity index (χ0n) is 14.6. The van der Waals surface area contributed by atoms with Crippen LogP contribution in [0.2, 0.25) is 0 Å². The first-order valence-corrected chi connectivity index (χ1v) is 8.66. The van der Waals surface area contributed by atoms with Crippen LogP contribution in [0, 0.1) is 5.82 Å². The third-order valence-electron chi connectivity index (χ3n) is 4.27. The molecule has 0 radical (unpaired) electrons. The molecule has 1 aliphatic heterocycles. The minimum atomic E-state index is -0.533. The highest BCUT2D eigenvalue weighted by Gasteiger charge is 2.39. The second-order valence-electron chi connectivity index (χ2n) is 6.08. The molecule has 1 N–H and O–H groups in total. The molecule has 26 heavy (non-hydrogen) atoms. The fraction of sp³-hybridized carbons (Fsp3) is 0.300. The number of carbonyl (C=O) groups excluding carboxylic acids is 2. The maximum atomic E-state index is 12.9. The highest BCUT2D eigenvalue weighted by Crippen LogP contribution is 2.25. The summed E-state index contributed by atoms with van der Waals surface area (Å²) in [5, 5.41) is 3.13. The lowest BCUT2D eigenvalue weighted by molar-refractivity contribution is -0.121. The van der Waals surface area contributed by atoms with Gasteiger partial charge < -0.3 is 10.1 Å². The van der Waals surface area contributed by atoms with Gasteiger partial charge in [0, 0.05) is 0 Å². The quantitative estimate of drug-likeness (QED) is 0.775. The third kappa shape index (κ3) is 4.08. The summed E-state index contributed by atoms with van der Waals surface area (Å²) in [5.74, 6) is -0.0506. The van der Waals surface area contributed by atoms with Gasteiger partial charge in [-0.2, -0.15) is 0 Å². The number of halogens is 1. The maximum absolute atomic E-state index is 12.9. The van der Waals surface area contributed by atoms with Gasteiger partial charge in [-0.15, -0.1) is 0 Å². The van der Waals surface area contributed by atoms with Gasteiger partial charge in [0.1, 0.15) is 11.6 Å². The molecule has 3 rings (SSSR count). The summed E-state index contributed by atoms with van der Waals surface area (Å²) in [6, 6.07) is 12.6. The minimum absolute atomic E-state index is 0.134. The predicted octanol–water partition coefficient (Wildman–Crippen LogP) is 2.69. The number of hydrogen-bond donors (Lipinski definition) is 1. The van der Waals surface area contributed by atoms with E-state index in [-0.39, 0.29) is 24.1 Å². The summed E-state index contributed by atoms with van der Waals surface area (Å²) in [6.45, 7) is 2.98. The molecule has 6 heteroatoms. The molecule has 1 saturated heterocycles. The Labute approximate surface area is 151 Å². The van der Waals surface area contributed by atoms with E-state index >= 15 is 0 Å². The number of anilines is 1. The molecule has 2 aromatic carbocycles. The smallest absolute Gasteiger partial charge is 0.251 e. The zero-order chi connectivity index (χ0) is 18.5. The van der Waals surface area contributed by atoms with Crippen LogP contribution in [0.1, 0.15) is 18.9 Å². The van der Waals surface area contributed by atoms with Gasteiger partial charge in [0.2, 0.25) is 5.91 Å². The number of hydrogen-bond acceptors (Lipinski definition) is 4. The van der Waals surface area contributed by atoms with Crippen LogP contribution < -0.4 is 15.0 Å². The average molecular weight is 356 g/mol. The second-order valence-corrected chi connectivity index (χ2v) is 6.08. The van der Waals surface area contributed by atoms with Crippen LogP contribution in [0.3, 0.4) is 0 Å². The summed E-state index contributed by atoms with van der Waals surface area (Å²) >= 11 is 0. The van der Waals surface area contributed by atoms with E-state index in [2.05, 4.69) is 5.32 Å². The van der Waals surface area contributed by atoms with Gasteiger partial charge in [-0.1, -0.05) is 12.1 Å². The molecule has 1 heterocycles. The molecule has 0 spiro atoms. The van der Waals surface area contributed by atoms with E-state index in [1.165, 1.54) is 17.0 Å². The van der Waals surface area contributed by atoms with Gasteiger partial charge in [0.25, 0.3) is 5.91 Å². The molecule has 2 amide bonds. The molecule has 1 fully saturated rings. The van der Waals surface area contributed by atoms with Crippen LogP contribution in [-0.4, -0.2) is 31.0 Å². The number of imide groups is 1. The molecule has 136 valence electrons. The number of carbonyl (C=O) groups is 2. The Hall–Kier alpha value is -2.73. The molecule has 0 aliphatic carbocycles. The van der Waals surface area contributed by atoms with Gasteiger partial charge in [-0.05, 0) is 61.9 Å². The summed E-state index contributed by atoms with van der Waals surface area (Å²) in [7, 11) is 0. The number of nitrogens with one attached hydrogen (secondary N) is 1. The minimum Gasteiger partial charge on any atom is -0.494 e. The van der Waals surface area contributed by atoms with Crippen molar-refractivity contribution in [3.8, 4) is 5.75 Å². The van der Waals surface area contributed by atoms with Gasteiger partial charge >= 0.3 is 0 Å². The molecular weight excluding hydrogens is 335 g/mol. The largest absolute Gasteiger partial charge is 0.494 e. The maximum Gasteiger partial charge on any atom is 0.251 e. The number of amides is 2. The Balaban J connectivity index is 1.58. The normalized spacial score (nSPS) is 17.0. The van der Waals surface area contributed by atoms with Gasteiger partial charge in [-0.25, -0.2) is 9.29 Å². The van der Waals surface area contributed by atoms with Crippen molar-refractivity contribution in [1.82, 2.24) is 5.32 Å². The van der Waals surface area contributed by atoms with E-state index < -0.39 is 6.04 Å². The monoisotopic (exact) mass is 356 g/mol. The van der Waals surface area contributed by atoms with Crippen molar-refractivity contribution in [1.29, 1.82) is 0 Å². The topological polar surface area (TPSA) is 58.6 Å². The third-order valence-corrected chi connectivity index (χ3v) is 4.27. The van der Waals surface area contributed by atoms with Crippen LogP contribution in [0.15, 0.2) is 48.5 Å². The Morgan fingerprint density at radius 2 is 1.81 bits per heavy atom. The van der Waals surface area contributed by atoms with E-state index in [0.29, 0.717) is 31.0 Å². The van der Waals surface area contributed by atoms with Crippen molar-refractivity contribution in [2.45, 2.75) is 25.8 Å². The SMILES string of the molecule is CCOc1ccc(N2C(=O)C[C@@H](NCCc3ccc(F)cc3)C2=O)cc1. The molecule has 5 nitrogen and oxygen atoms in total. The van der Waals surface area contributed by atoms with Crippen LogP contribution >= 0.6 is 0 Å². The molecule has 0 aromatic heterocycles. The molecule has 1 atom stereocenters. The Morgan fingerprint density at radius 1 is 1.12 bits per heavy atom. The zero-order valence-corrected chi connectivity index (χ0v) is 14.6.